The average Bonchev–Trinajstić information content (AvgIpc) is 2.14. The molecule has 1 nitrogen and oxygen atoms in total. The van der Waals surface area contributed by atoms with Gasteiger partial charge in [-0.15, -0.1) is 0 Å². The third-order valence-electron chi connectivity index (χ3n) is 2.33. The number of carbonyl (C=O) groups excluding carboxylic acids is 1. The fourth-order valence-corrected chi connectivity index (χ4v) is 1.62. The minimum atomic E-state index is 0.278. The van der Waals surface area contributed by atoms with Crippen molar-refractivity contribution < 1.29 is 4.79 Å². The number of ketones is 1. The second-order valence-corrected chi connectivity index (χ2v) is 3.31. The fraction of sp³-hybridized carbons (Fsp3) is 0.250. The quantitative estimate of drug-likeness (QED) is 0.587. The Labute approximate surface area is 78.1 Å². The summed E-state index contributed by atoms with van der Waals surface area (Å²) in [6, 6.07) is 7.80. The van der Waals surface area contributed by atoms with E-state index in [0.717, 1.165) is 24.0 Å². The maximum atomic E-state index is 11.6. The number of fused-ring (bicyclic) bond motifs is 1. The molecule has 0 unspecified atom stereocenters. The van der Waals surface area contributed by atoms with Crippen LogP contribution in [0.2, 0.25) is 0 Å². The number of rotatable bonds is 0. The molecule has 0 aliphatic heterocycles. The molecular formula is C12H12O. The molecule has 0 N–H and O–H groups in total. The minimum absolute atomic E-state index is 0.278. The van der Waals surface area contributed by atoms with Gasteiger partial charge in [-0.3, -0.25) is 4.79 Å². The summed E-state index contributed by atoms with van der Waals surface area (Å²) in [6.45, 7) is 0. The van der Waals surface area contributed by atoms with Gasteiger partial charge in [0.05, 0.1) is 0 Å². The van der Waals surface area contributed by atoms with Crippen molar-refractivity contribution in [2.45, 2.75) is 19.3 Å². The molecule has 1 heteroatoms. The smallest absolute Gasteiger partial charge is 0.163 e. The first kappa shape index (κ1) is 8.24. The number of hydrogen-bond acceptors (Lipinski definition) is 1. The van der Waals surface area contributed by atoms with Gasteiger partial charge in [-0.05, 0) is 18.4 Å². The van der Waals surface area contributed by atoms with Crippen LogP contribution in [0.25, 0.3) is 6.08 Å². The number of benzene rings is 1. The van der Waals surface area contributed by atoms with E-state index in [1.54, 1.807) is 0 Å². The molecule has 0 heterocycles. The lowest BCUT2D eigenvalue weighted by Gasteiger charge is -2.07. The van der Waals surface area contributed by atoms with E-state index in [1.807, 2.05) is 30.3 Å². The summed E-state index contributed by atoms with van der Waals surface area (Å²) < 4.78 is 0. The van der Waals surface area contributed by atoms with Crippen LogP contribution >= 0.6 is 0 Å². The Morgan fingerprint density at radius 1 is 1.15 bits per heavy atom. The monoisotopic (exact) mass is 172 g/mol. The third-order valence-corrected chi connectivity index (χ3v) is 2.33. The normalized spacial score (nSPS) is 18.6. The molecule has 13 heavy (non-hydrogen) atoms. The minimum Gasteiger partial charge on any atom is -0.294 e. The van der Waals surface area contributed by atoms with Gasteiger partial charge < -0.3 is 0 Å². The standard InChI is InChI=1S/C12H12O/c13-12-9-3-1-2-6-10-7-4-5-8-11(10)12/h2,4-8H,1,3,9H2/b6-2-. The highest BCUT2D eigenvalue weighted by atomic mass is 16.1. The van der Waals surface area contributed by atoms with Crippen LogP contribution in [0, 0.1) is 0 Å². The van der Waals surface area contributed by atoms with Gasteiger partial charge in [0.15, 0.2) is 5.78 Å². The Morgan fingerprint density at radius 3 is 2.92 bits per heavy atom. The average molecular weight is 172 g/mol. The van der Waals surface area contributed by atoms with E-state index in [1.165, 1.54) is 0 Å². The van der Waals surface area contributed by atoms with Crippen molar-refractivity contribution in [3.8, 4) is 0 Å². The third kappa shape index (κ3) is 1.69. The predicted molar refractivity (Wildman–Crippen MR) is 53.7 cm³/mol. The molecular weight excluding hydrogens is 160 g/mol. The van der Waals surface area contributed by atoms with E-state index in [-0.39, 0.29) is 5.78 Å². The fourth-order valence-electron chi connectivity index (χ4n) is 1.62. The van der Waals surface area contributed by atoms with Crippen molar-refractivity contribution in [3.63, 3.8) is 0 Å². The molecule has 1 aromatic carbocycles. The molecule has 2 rings (SSSR count). The van der Waals surface area contributed by atoms with Gasteiger partial charge in [0, 0.05) is 12.0 Å². The summed E-state index contributed by atoms with van der Waals surface area (Å²) >= 11 is 0. The van der Waals surface area contributed by atoms with Gasteiger partial charge in [-0.25, -0.2) is 0 Å². The first-order valence-electron chi connectivity index (χ1n) is 4.67. The first-order valence-corrected chi connectivity index (χ1v) is 4.67. The van der Waals surface area contributed by atoms with Gasteiger partial charge in [0.2, 0.25) is 0 Å². The number of allylic oxidation sites excluding steroid dienone is 1. The molecule has 0 spiro atoms. The second-order valence-electron chi connectivity index (χ2n) is 3.31. The van der Waals surface area contributed by atoms with Gasteiger partial charge >= 0.3 is 0 Å². The van der Waals surface area contributed by atoms with E-state index in [0.29, 0.717) is 6.42 Å². The van der Waals surface area contributed by atoms with Crippen LogP contribution in [0.1, 0.15) is 35.2 Å². The molecule has 0 radical (unpaired) electrons. The topological polar surface area (TPSA) is 17.1 Å². The van der Waals surface area contributed by atoms with Crippen LogP contribution < -0.4 is 0 Å². The van der Waals surface area contributed by atoms with Crippen LogP contribution in [-0.4, -0.2) is 5.78 Å². The van der Waals surface area contributed by atoms with Gasteiger partial charge in [0.1, 0.15) is 0 Å². The Balaban J connectivity index is 2.49. The van der Waals surface area contributed by atoms with Crippen LogP contribution in [0.3, 0.4) is 0 Å². The second kappa shape index (κ2) is 3.56. The highest BCUT2D eigenvalue weighted by molar-refractivity contribution is 5.99. The van der Waals surface area contributed by atoms with Crippen molar-refractivity contribution >= 4 is 11.9 Å². The largest absolute Gasteiger partial charge is 0.294 e. The zero-order valence-corrected chi connectivity index (χ0v) is 7.49. The van der Waals surface area contributed by atoms with Crippen LogP contribution in [-0.2, 0) is 0 Å². The summed E-state index contributed by atoms with van der Waals surface area (Å²) in [6.07, 6.45) is 6.86. The summed E-state index contributed by atoms with van der Waals surface area (Å²) in [4.78, 5) is 11.6. The molecule has 0 atom stereocenters. The summed E-state index contributed by atoms with van der Waals surface area (Å²) in [5.41, 5.74) is 1.94. The van der Waals surface area contributed by atoms with Crippen molar-refractivity contribution in [1.29, 1.82) is 0 Å². The van der Waals surface area contributed by atoms with Crippen molar-refractivity contribution in [1.82, 2.24) is 0 Å². The number of Topliss-reactive ketones (excluding diaryl/α,β-unsaturated/α-hetero) is 1. The van der Waals surface area contributed by atoms with Crippen molar-refractivity contribution in [2.24, 2.45) is 0 Å². The first-order chi connectivity index (χ1) is 6.38. The molecule has 1 aliphatic carbocycles. The molecule has 0 saturated carbocycles. The van der Waals surface area contributed by atoms with Crippen LogP contribution in [0.5, 0.6) is 0 Å². The number of carbonyl (C=O) groups is 1. The van der Waals surface area contributed by atoms with E-state index in [9.17, 15) is 4.79 Å². The van der Waals surface area contributed by atoms with Crippen LogP contribution in [0.4, 0.5) is 0 Å². The van der Waals surface area contributed by atoms with Crippen LogP contribution in [0.15, 0.2) is 30.3 Å². The van der Waals surface area contributed by atoms with E-state index in [4.69, 9.17) is 0 Å². The Hall–Kier alpha value is -1.37. The molecule has 0 amide bonds. The van der Waals surface area contributed by atoms with E-state index >= 15 is 0 Å². The van der Waals surface area contributed by atoms with Crippen molar-refractivity contribution in [2.75, 3.05) is 0 Å². The van der Waals surface area contributed by atoms with Gasteiger partial charge in [0.25, 0.3) is 0 Å². The summed E-state index contributed by atoms with van der Waals surface area (Å²) in [7, 11) is 0. The van der Waals surface area contributed by atoms with Gasteiger partial charge in [-0.1, -0.05) is 36.4 Å². The molecule has 0 aromatic heterocycles. The Bertz CT molecular complexity index is 350. The molecule has 0 saturated heterocycles. The highest BCUT2D eigenvalue weighted by Gasteiger charge is 2.09. The Morgan fingerprint density at radius 2 is 2.00 bits per heavy atom. The molecule has 1 aliphatic rings. The highest BCUT2D eigenvalue weighted by Crippen LogP contribution is 2.17. The lowest BCUT2D eigenvalue weighted by atomic mass is 9.97. The van der Waals surface area contributed by atoms with Gasteiger partial charge in [-0.2, -0.15) is 0 Å². The molecule has 0 bridgehead atoms. The summed E-state index contributed by atoms with van der Waals surface area (Å²) in [5.74, 6) is 0.278. The SMILES string of the molecule is O=C1CCC/C=C\c2ccccc21. The lowest BCUT2D eigenvalue weighted by Crippen LogP contribution is -2.02. The molecule has 0 fully saturated rings. The summed E-state index contributed by atoms with van der Waals surface area (Å²) in [5, 5.41) is 0. The van der Waals surface area contributed by atoms with Crippen molar-refractivity contribution in [3.05, 3.63) is 41.5 Å². The Kier molecular flexibility index (Phi) is 2.26. The molecule has 66 valence electrons. The lowest BCUT2D eigenvalue weighted by molar-refractivity contribution is 0.0980. The molecule has 1 aromatic rings. The zero-order chi connectivity index (χ0) is 9.10. The predicted octanol–water partition coefficient (Wildman–Crippen LogP) is 3.07. The van der Waals surface area contributed by atoms with E-state index in [2.05, 4.69) is 6.08 Å². The zero-order valence-electron chi connectivity index (χ0n) is 7.49. The van der Waals surface area contributed by atoms with E-state index < -0.39 is 0 Å². The maximum Gasteiger partial charge on any atom is 0.163 e. The maximum absolute atomic E-state index is 11.6. The number of hydrogen-bond donors (Lipinski definition) is 0.